The van der Waals surface area contributed by atoms with Crippen molar-refractivity contribution >= 4 is 80.5 Å². The highest BCUT2D eigenvalue weighted by atomic mass is 79.9. The maximum atomic E-state index is 13.3. The standard InChI is InChI=1S/3C20H27BrFN3O/c3*1-3-6-18(24-10-5-7-14(12-22)13-24)19-23-17-9-8-15(21)11-16(17)20(26)25(19)4-2/h3*8-9,11,14,18H,3-7,10,12-13H2,1-2H3/t14-,18+;2*14-,18-/m110/s1. The zero-order chi connectivity index (χ0) is 56.0. The topological polar surface area (TPSA) is 114 Å². The van der Waals surface area contributed by atoms with Crippen molar-refractivity contribution < 1.29 is 13.2 Å². The number of rotatable bonds is 18. The Balaban J connectivity index is 0.000000170. The molecule has 0 amide bonds. The smallest absolute Gasteiger partial charge is 0.261 e. The fourth-order valence-corrected chi connectivity index (χ4v) is 13.2. The van der Waals surface area contributed by atoms with Crippen LogP contribution < -0.4 is 16.7 Å². The van der Waals surface area contributed by atoms with Crippen LogP contribution in [-0.2, 0) is 19.6 Å². The van der Waals surface area contributed by atoms with Gasteiger partial charge in [0.05, 0.1) is 70.9 Å². The summed E-state index contributed by atoms with van der Waals surface area (Å²) in [6, 6.07) is 17.2. The van der Waals surface area contributed by atoms with E-state index in [1.165, 1.54) is 0 Å². The number of likely N-dealkylation sites (tertiary alicyclic amines) is 3. The SMILES string of the molecule is CCC[C@@H](c1nc2ccc(Br)cc2c(=O)n1CC)N1CCC[C@@H](CF)C1.CCC[C@@H](c1nc2ccc(Br)cc2c(=O)n1CC)N1CCC[C@H](CF)C1.CCC[C@H](c1nc2ccc(Br)cc2c(=O)n1CC)N1CCC[C@H](CF)C1. The monoisotopic (exact) mass is 1270 g/mol. The lowest BCUT2D eigenvalue weighted by Crippen LogP contribution is -2.41. The van der Waals surface area contributed by atoms with Gasteiger partial charge in [0.1, 0.15) is 17.5 Å². The first-order valence-electron chi connectivity index (χ1n) is 28.8. The quantitative estimate of drug-likeness (QED) is 0.0830. The molecule has 3 aromatic carbocycles. The summed E-state index contributed by atoms with van der Waals surface area (Å²) >= 11 is 10.3. The van der Waals surface area contributed by atoms with E-state index in [2.05, 4.69) is 83.3 Å². The van der Waals surface area contributed by atoms with Gasteiger partial charge in [0.2, 0.25) is 0 Å². The van der Waals surface area contributed by atoms with Crippen molar-refractivity contribution in [3.05, 3.63) is 117 Å². The molecule has 0 unspecified atom stereocenters. The number of benzene rings is 3. The molecule has 0 N–H and O–H groups in total. The maximum absolute atomic E-state index is 13.3. The van der Waals surface area contributed by atoms with Crippen LogP contribution in [0, 0.1) is 17.8 Å². The highest BCUT2D eigenvalue weighted by Gasteiger charge is 2.33. The minimum Gasteiger partial charge on any atom is -0.295 e. The number of hydrogen-bond acceptors (Lipinski definition) is 9. The van der Waals surface area contributed by atoms with Crippen molar-refractivity contribution in [3.63, 3.8) is 0 Å². The van der Waals surface area contributed by atoms with Gasteiger partial charge in [-0.3, -0.25) is 56.0 Å². The number of nitrogens with zero attached hydrogens (tertiary/aromatic N) is 9. The summed E-state index contributed by atoms with van der Waals surface area (Å²) < 4.78 is 47.8. The van der Waals surface area contributed by atoms with Gasteiger partial charge in [0.15, 0.2) is 0 Å². The van der Waals surface area contributed by atoms with Gasteiger partial charge in [-0.2, -0.15) is 0 Å². The van der Waals surface area contributed by atoms with Gasteiger partial charge in [0, 0.05) is 70.4 Å². The van der Waals surface area contributed by atoms with Crippen LogP contribution in [0.4, 0.5) is 13.2 Å². The normalized spacial score (nSPS) is 19.8. The van der Waals surface area contributed by atoms with Gasteiger partial charge in [0.25, 0.3) is 16.7 Å². The summed E-state index contributed by atoms with van der Waals surface area (Å²) in [5.74, 6) is 2.78. The summed E-state index contributed by atoms with van der Waals surface area (Å²) in [6.07, 6.45) is 11.6. The van der Waals surface area contributed by atoms with Gasteiger partial charge >= 0.3 is 0 Å². The Morgan fingerprint density at radius 3 is 0.962 bits per heavy atom. The molecule has 3 aliphatic heterocycles. The molecular weight excluding hydrogens is 1190 g/mol. The van der Waals surface area contributed by atoms with E-state index in [4.69, 9.17) is 15.0 Å². The molecule has 0 aliphatic carbocycles. The summed E-state index contributed by atoms with van der Waals surface area (Å²) in [4.78, 5) is 60.9. The summed E-state index contributed by atoms with van der Waals surface area (Å²) in [6.45, 7) is 18.4. The van der Waals surface area contributed by atoms with Gasteiger partial charge in [-0.05, 0) is 153 Å². The molecule has 3 saturated heterocycles. The second kappa shape index (κ2) is 29.8. The first kappa shape index (κ1) is 61.8. The van der Waals surface area contributed by atoms with Crippen LogP contribution in [0.1, 0.15) is 154 Å². The van der Waals surface area contributed by atoms with Crippen molar-refractivity contribution in [1.82, 2.24) is 43.4 Å². The summed E-state index contributed by atoms with van der Waals surface area (Å²) in [5, 5.41) is 1.92. The third-order valence-electron chi connectivity index (χ3n) is 16.0. The maximum Gasteiger partial charge on any atom is 0.261 e. The molecule has 0 saturated carbocycles. The van der Waals surface area contributed by atoms with E-state index in [9.17, 15) is 27.6 Å². The average Bonchev–Trinajstić information content (AvgIpc) is 3.55. The molecular formula is C60H81Br3F3N9O3. The van der Waals surface area contributed by atoms with Gasteiger partial charge < -0.3 is 0 Å². The molecule has 3 aliphatic rings. The van der Waals surface area contributed by atoms with Crippen LogP contribution in [0.5, 0.6) is 0 Å². The second-order valence-corrected chi connectivity index (χ2v) is 24.2. The summed E-state index contributed by atoms with van der Waals surface area (Å²) in [5.41, 5.74) is 2.23. The van der Waals surface area contributed by atoms with E-state index in [0.29, 0.717) is 35.8 Å². The Bertz CT molecular complexity index is 2790. The van der Waals surface area contributed by atoms with Gasteiger partial charge in [-0.1, -0.05) is 87.8 Å². The molecule has 0 radical (unpaired) electrons. The van der Waals surface area contributed by atoms with Crippen LogP contribution >= 0.6 is 47.8 Å². The number of fused-ring (bicyclic) bond motifs is 3. The molecule has 9 rings (SSSR count). The molecule has 78 heavy (non-hydrogen) atoms. The van der Waals surface area contributed by atoms with E-state index in [1.54, 1.807) is 13.7 Å². The number of aromatic nitrogens is 6. The third-order valence-corrected chi connectivity index (χ3v) is 17.5. The molecule has 12 nitrogen and oxygen atoms in total. The lowest BCUT2D eigenvalue weighted by atomic mass is 9.96. The molecule has 0 bridgehead atoms. The molecule has 6 atom stereocenters. The van der Waals surface area contributed by atoms with Gasteiger partial charge in [-0.15, -0.1) is 0 Å². The first-order valence-corrected chi connectivity index (χ1v) is 31.1. The molecule has 0 spiro atoms. The highest BCUT2D eigenvalue weighted by Crippen LogP contribution is 2.34. The number of hydrogen-bond donors (Lipinski definition) is 0. The van der Waals surface area contributed by atoms with Crippen LogP contribution in [-0.4, -0.2) is 103 Å². The Hall–Kier alpha value is -3.81. The molecule has 3 fully saturated rings. The number of alkyl halides is 3. The Kier molecular flexibility index (Phi) is 23.6. The van der Waals surface area contributed by atoms with Gasteiger partial charge in [-0.25, -0.2) is 15.0 Å². The molecule has 6 heterocycles. The Labute approximate surface area is 484 Å². The molecule has 3 aromatic heterocycles. The van der Waals surface area contributed by atoms with E-state index >= 15 is 0 Å². The molecule has 18 heteroatoms. The predicted octanol–water partition coefficient (Wildman–Crippen LogP) is 14.1. The van der Waals surface area contributed by atoms with Crippen LogP contribution in [0.25, 0.3) is 32.7 Å². The Morgan fingerprint density at radius 1 is 0.462 bits per heavy atom. The second-order valence-electron chi connectivity index (χ2n) is 21.4. The summed E-state index contributed by atoms with van der Waals surface area (Å²) in [7, 11) is 0. The van der Waals surface area contributed by atoms with Crippen LogP contribution in [0.15, 0.2) is 82.4 Å². The predicted molar refractivity (Wildman–Crippen MR) is 322 cm³/mol. The lowest BCUT2D eigenvalue weighted by Gasteiger charge is -2.38. The fourth-order valence-electron chi connectivity index (χ4n) is 12.1. The van der Waals surface area contributed by atoms with Crippen molar-refractivity contribution in [1.29, 1.82) is 0 Å². The van der Waals surface area contributed by atoms with Crippen LogP contribution in [0.2, 0.25) is 0 Å². The number of halogens is 6. The first-order chi connectivity index (χ1) is 37.7. The third kappa shape index (κ3) is 14.6. The van der Waals surface area contributed by atoms with Crippen molar-refractivity contribution in [2.24, 2.45) is 17.8 Å². The number of piperidine rings is 3. The average molecular weight is 1270 g/mol. The minimum absolute atomic E-state index is 0.00829. The van der Waals surface area contributed by atoms with Crippen molar-refractivity contribution in [2.75, 3.05) is 59.3 Å². The zero-order valence-corrected chi connectivity index (χ0v) is 51.4. The van der Waals surface area contributed by atoms with Crippen molar-refractivity contribution in [2.45, 2.75) is 156 Å². The zero-order valence-electron chi connectivity index (χ0n) is 46.6. The van der Waals surface area contributed by atoms with E-state index < -0.39 is 0 Å². The van der Waals surface area contributed by atoms with Crippen molar-refractivity contribution in [3.8, 4) is 0 Å². The minimum atomic E-state index is -0.269. The van der Waals surface area contributed by atoms with Crippen LogP contribution in [0.3, 0.4) is 0 Å². The highest BCUT2D eigenvalue weighted by molar-refractivity contribution is 9.11. The fraction of sp³-hybridized carbons (Fsp3) is 0.600. The van der Waals surface area contributed by atoms with E-state index in [-0.39, 0.29) is 72.6 Å². The molecule has 426 valence electrons. The largest absolute Gasteiger partial charge is 0.295 e. The van der Waals surface area contributed by atoms with E-state index in [1.807, 2.05) is 75.4 Å². The Morgan fingerprint density at radius 2 is 0.731 bits per heavy atom. The lowest BCUT2D eigenvalue weighted by molar-refractivity contribution is 0.0971. The van der Waals surface area contributed by atoms with E-state index in [0.717, 1.165) is 164 Å². The molecule has 6 aromatic rings.